The minimum Gasteiger partial charge on any atom is -1.00 e. The molecule has 1 aliphatic rings. The molecular weight excluding hydrogens is 296 g/mol. The minimum absolute atomic E-state index is 0. The van der Waals surface area contributed by atoms with Gasteiger partial charge in [-0.15, -0.1) is 0 Å². The van der Waals surface area contributed by atoms with Gasteiger partial charge in [0.2, 0.25) is 5.84 Å². The number of amidine groups is 1. The summed E-state index contributed by atoms with van der Waals surface area (Å²) in [5.41, 5.74) is 0. The first kappa shape index (κ1) is 21.7. The van der Waals surface area contributed by atoms with E-state index < -0.39 is 0 Å². The Bertz CT molecular complexity index is 305. The zero-order valence-electron chi connectivity index (χ0n) is 15.0. The van der Waals surface area contributed by atoms with E-state index in [1.807, 2.05) is 6.92 Å². The molecular formula is C18H37ClN2O. The van der Waals surface area contributed by atoms with Crippen molar-refractivity contribution in [2.45, 2.75) is 90.7 Å². The highest BCUT2D eigenvalue weighted by Crippen LogP contribution is 2.14. The number of unbranched alkanes of at least 4 members (excludes halogenated alkanes) is 9. The van der Waals surface area contributed by atoms with Gasteiger partial charge >= 0.3 is 0 Å². The molecule has 0 radical (unpaired) electrons. The molecule has 4 heteroatoms. The molecule has 3 nitrogen and oxygen atoms in total. The van der Waals surface area contributed by atoms with Crippen molar-refractivity contribution in [2.24, 2.45) is 0 Å². The Kier molecular flexibility index (Phi) is 13.0. The van der Waals surface area contributed by atoms with E-state index in [9.17, 15) is 5.11 Å². The Morgan fingerprint density at radius 1 is 1.00 bits per heavy atom. The predicted octanol–water partition coefficient (Wildman–Crippen LogP) is 0.996. The Morgan fingerprint density at radius 3 is 2.00 bits per heavy atom. The van der Waals surface area contributed by atoms with E-state index in [1.54, 1.807) is 0 Å². The topological polar surface area (TPSA) is 26.5 Å². The number of rotatable bonds is 12. The van der Waals surface area contributed by atoms with Crippen LogP contribution in [0, 0.1) is 0 Å². The number of halogens is 1. The van der Waals surface area contributed by atoms with Crippen LogP contribution in [0.3, 0.4) is 0 Å². The summed E-state index contributed by atoms with van der Waals surface area (Å²) >= 11 is 0. The molecule has 132 valence electrons. The molecule has 0 fully saturated rings. The van der Waals surface area contributed by atoms with Gasteiger partial charge in [-0.25, -0.2) is 4.90 Å². The molecule has 0 saturated carbocycles. The maximum atomic E-state index is 9.78. The van der Waals surface area contributed by atoms with Gasteiger partial charge in [0, 0.05) is 13.3 Å². The molecule has 0 spiro atoms. The van der Waals surface area contributed by atoms with Crippen LogP contribution in [0.2, 0.25) is 0 Å². The molecule has 1 atom stereocenters. The van der Waals surface area contributed by atoms with Crippen molar-refractivity contribution in [3.8, 4) is 0 Å². The van der Waals surface area contributed by atoms with Crippen LogP contribution < -0.4 is 12.4 Å². The van der Waals surface area contributed by atoms with Crippen molar-refractivity contribution in [2.75, 3.05) is 20.1 Å². The first-order valence-electron chi connectivity index (χ1n) is 9.18. The first-order valence-corrected chi connectivity index (χ1v) is 9.18. The average Bonchev–Trinajstić information content (AvgIpc) is 2.82. The fourth-order valence-electron chi connectivity index (χ4n) is 3.24. The van der Waals surface area contributed by atoms with Gasteiger partial charge in [0.05, 0.1) is 7.05 Å². The molecule has 0 aromatic carbocycles. The number of aliphatic hydroxyl groups excluding tert-OH is 1. The average molecular weight is 333 g/mol. The van der Waals surface area contributed by atoms with Crippen LogP contribution in [0.5, 0.6) is 0 Å². The number of hydrogen-bond acceptors (Lipinski definition) is 2. The Morgan fingerprint density at radius 2 is 1.50 bits per heavy atom. The van der Waals surface area contributed by atoms with Gasteiger partial charge in [-0.2, -0.15) is 0 Å². The van der Waals surface area contributed by atoms with E-state index in [1.165, 1.54) is 70.0 Å². The van der Waals surface area contributed by atoms with Crippen molar-refractivity contribution in [3.05, 3.63) is 0 Å². The van der Waals surface area contributed by atoms with Crippen LogP contribution in [0.1, 0.15) is 84.5 Å². The summed E-state index contributed by atoms with van der Waals surface area (Å²) < 4.78 is 2.31. The summed E-state index contributed by atoms with van der Waals surface area (Å²) in [5.74, 6) is 1.34. The lowest BCUT2D eigenvalue weighted by atomic mass is 10.1. The Labute approximate surface area is 144 Å². The maximum absolute atomic E-state index is 9.78. The summed E-state index contributed by atoms with van der Waals surface area (Å²) in [5, 5.41) is 9.78. The summed E-state index contributed by atoms with van der Waals surface area (Å²) in [4.78, 5) is 2.15. The zero-order valence-corrected chi connectivity index (χ0v) is 15.7. The van der Waals surface area contributed by atoms with Crippen LogP contribution in [0.15, 0.2) is 0 Å². The number of likely N-dealkylation sites (N-methyl/N-ethyl adjacent to an activating group) is 1. The lowest BCUT2D eigenvalue weighted by Gasteiger charge is -2.15. The summed E-state index contributed by atoms with van der Waals surface area (Å²) in [6, 6.07) is 0. The summed E-state index contributed by atoms with van der Waals surface area (Å²) in [6.07, 6.45) is 14.6. The minimum atomic E-state index is -0.340. The molecule has 1 N–H and O–H groups in total. The van der Waals surface area contributed by atoms with Gasteiger partial charge in [0.15, 0.2) is 6.23 Å². The number of nitrogens with zero attached hydrogens (tertiary/aromatic N) is 2. The maximum Gasteiger partial charge on any atom is 0.248 e. The third-order valence-electron chi connectivity index (χ3n) is 4.65. The molecule has 0 amide bonds. The normalized spacial score (nSPS) is 16.1. The first-order chi connectivity index (χ1) is 10.2. The SMILES string of the molecule is CCCCCCCCCCCCC1=[N+](C)CCN1C(C)O.[Cl-]. The summed E-state index contributed by atoms with van der Waals surface area (Å²) in [6.45, 7) is 6.18. The second-order valence-electron chi connectivity index (χ2n) is 6.60. The molecule has 0 aromatic rings. The molecule has 0 saturated heterocycles. The van der Waals surface area contributed by atoms with Crippen molar-refractivity contribution < 1.29 is 22.1 Å². The third kappa shape index (κ3) is 8.38. The second-order valence-corrected chi connectivity index (χ2v) is 6.60. The molecule has 1 heterocycles. The van der Waals surface area contributed by atoms with Gasteiger partial charge in [0.25, 0.3) is 0 Å². The van der Waals surface area contributed by atoms with Crippen LogP contribution in [0.4, 0.5) is 0 Å². The fourth-order valence-corrected chi connectivity index (χ4v) is 3.24. The number of hydrogen-bond donors (Lipinski definition) is 1. The van der Waals surface area contributed by atoms with Crippen LogP contribution in [-0.2, 0) is 0 Å². The lowest BCUT2D eigenvalue weighted by Crippen LogP contribution is -3.00. The Hall–Kier alpha value is -0.280. The van der Waals surface area contributed by atoms with Gasteiger partial charge in [-0.05, 0) is 6.42 Å². The van der Waals surface area contributed by atoms with Gasteiger partial charge < -0.3 is 17.5 Å². The largest absolute Gasteiger partial charge is 1.00 e. The van der Waals surface area contributed by atoms with Crippen molar-refractivity contribution in [3.63, 3.8) is 0 Å². The van der Waals surface area contributed by atoms with Crippen molar-refractivity contribution in [1.82, 2.24) is 4.90 Å². The highest BCUT2D eigenvalue weighted by Gasteiger charge is 2.30. The molecule has 1 aliphatic heterocycles. The molecule has 1 unspecified atom stereocenters. The van der Waals surface area contributed by atoms with Crippen molar-refractivity contribution >= 4 is 5.84 Å². The summed E-state index contributed by atoms with van der Waals surface area (Å²) in [7, 11) is 2.15. The van der Waals surface area contributed by atoms with Crippen molar-refractivity contribution in [1.29, 1.82) is 0 Å². The smallest absolute Gasteiger partial charge is 0.248 e. The van der Waals surface area contributed by atoms with Crippen LogP contribution in [0.25, 0.3) is 0 Å². The highest BCUT2D eigenvalue weighted by atomic mass is 35.5. The van der Waals surface area contributed by atoms with Gasteiger partial charge in [-0.1, -0.05) is 64.7 Å². The van der Waals surface area contributed by atoms with E-state index in [0.717, 1.165) is 19.5 Å². The van der Waals surface area contributed by atoms with Crippen LogP contribution in [-0.4, -0.2) is 46.8 Å². The molecule has 22 heavy (non-hydrogen) atoms. The van der Waals surface area contributed by atoms with Gasteiger partial charge in [0.1, 0.15) is 13.1 Å². The van der Waals surface area contributed by atoms with Gasteiger partial charge in [-0.3, -0.25) is 4.58 Å². The molecule has 1 rings (SSSR count). The van der Waals surface area contributed by atoms with E-state index >= 15 is 0 Å². The molecule has 0 aliphatic carbocycles. The van der Waals surface area contributed by atoms with E-state index in [2.05, 4.69) is 23.4 Å². The standard InChI is InChI=1S/C18H37N2O.ClH/c1-4-5-6-7-8-9-10-11-12-13-14-18-19(3)15-16-20(18)17(2)21;/h17,21H,4-16H2,1-3H3;1H/q+1;/p-1. The predicted molar refractivity (Wildman–Crippen MR) is 90.9 cm³/mol. The zero-order chi connectivity index (χ0) is 15.5. The monoisotopic (exact) mass is 332 g/mol. The fraction of sp³-hybridized carbons (Fsp3) is 0.944. The quantitative estimate of drug-likeness (QED) is 0.426. The third-order valence-corrected chi connectivity index (χ3v) is 4.65. The Balaban J connectivity index is 0.00000441. The van der Waals surface area contributed by atoms with E-state index in [0.29, 0.717) is 0 Å². The highest BCUT2D eigenvalue weighted by molar-refractivity contribution is 5.78. The van der Waals surface area contributed by atoms with E-state index in [-0.39, 0.29) is 18.6 Å². The number of aliphatic hydroxyl groups is 1. The second kappa shape index (κ2) is 13.2. The van der Waals surface area contributed by atoms with E-state index in [4.69, 9.17) is 0 Å². The molecule has 0 aromatic heterocycles. The lowest BCUT2D eigenvalue weighted by molar-refractivity contribution is -0.487. The van der Waals surface area contributed by atoms with Crippen LogP contribution >= 0.6 is 0 Å². The molecule has 0 bridgehead atoms.